The monoisotopic (exact) mass is 327 g/mol. The lowest BCUT2D eigenvalue weighted by molar-refractivity contribution is 0.0589. The number of rotatable bonds is 3. The molecular formula is C13H11Cl2N3O3. The number of hydrogen-bond donors (Lipinski definition) is 1. The van der Waals surface area contributed by atoms with Gasteiger partial charge in [0, 0.05) is 12.1 Å². The maximum Gasteiger partial charge on any atom is 0.358 e. The molecule has 0 spiro atoms. The number of nitrogens with one attached hydrogen (secondary N) is 1. The number of nitrogens with zero attached hydrogens (tertiary/aromatic N) is 2. The van der Waals surface area contributed by atoms with Gasteiger partial charge in [0.1, 0.15) is 0 Å². The van der Waals surface area contributed by atoms with Crippen molar-refractivity contribution in [1.82, 2.24) is 9.78 Å². The quantitative estimate of drug-likeness (QED) is 0.880. The van der Waals surface area contributed by atoms with Gasteiger partial charge in [0.25, 0.3) is 5.91 Å². The number of halogens is 2. The van der Waals surface area contributed by atoms with Crippen molar-refractivity contribution in [1.29, 1.82) is 0 Å². The molecule has 2 aromatic rings. The smallest absolute Gasteiger partial charge is 0.358 e. The summed E-state index contributed by atoms with van der Waals surface area (Å²) in [6.07, 6.45) is 1.36. The molecule has 2 rings (SSSR count). The highest BCUT2D eigenvalue weighted by atomic mass is 35.5. The van der Waals surface area contributed by atoms with Gasteiger partial charge in [-0.2, -0.15) is 5.10 Å². The second-order valence-electron chi connectivity index (χ2n) is 4.10. The van der Waals surface area contributed by atoms with Crippen molar-refractivity contribution >= 4 is 40.8 Å². The van der Waals surface area contributed by atoms with E-state index in [4.69, 9.17) is 23.2 Å². The van der Waals surface area contributed by atoms with E-state index in [1.807, 2.05) is 0 Å². The molecule has 0 atom stereocenters. The van der Waals surface area contributed by atoms with Gasteiger partial charge < -0.3 is 10.1 Å². The highest BCUT2D eigenvalue weighted by Gasteiger charge is 2.20. The predicted octanol–water partition coefficient (Wildman–Crippen LogP) is 2.77. The van der Waals surface area contributed by atoms with E-state index in [1.165, 1.54) is 30.1 Å². The van der Waals surface area contributed by atoms with Gasteiger partial charge in [-0.1, -0.05) is 23.2 Å². The minimum Gasteiger partial charge on any atom is -0.464 e. The van der Waals surface area contributed by atoms with Gasteiger partial charge in [-0.15, -0.1) is 0 Å². The molecule has 0 aliphatic heterocycles. The molecule has 0 aliphatic carbocycles. The number of anilines is 1. The van der Waals surface area contributed by atoms with Crippen LogP contribution in [0.25, 0.3) is 0 Å². The molecular weight excluding hydrogens is 317 g/mol. The highest BCUT2D eigenvalue weighted by molar-refractivity contribution is 6.37. The lowest BCUT2D eigenvalue weighted by atomic mass is 10.2. The lowest BCUT2D eigenvalue weighted by Crippen LogP contribution is -2.16. The Kier molecular flexibility index (Phi) is 4.50. The number of carbonyl (C=O) groups is 2. The van der Waals surface area contributed by atoms with Gasteiger partial charge in [0.2, 0.25) is 0 Å². The zero-order valence-corrected chi connectivity index (χ0v) is 12.7. The fourth-order valence-corrected chi connectivity index (χ4v) is 2.23. The molecule has 6 nitrogen and oxygen atoms in total. The second-order valence-corrected chi connectivity index (χ2v) is 4.94. The number of methoxy groups -OCH3 is 1. The molecule has 0 radical (unpaired) electrons. The number of aromatic nitrogens is 2. The zero-order valence-electron chi connectivity index (χ0n) is 11.2. The molecule has 0 saturated carbocycles. The summed E-state index contributed by atoms with van der Waals surface area (Å²) in [6.45, 7) is 0. The van der Waals surface area contributed by atoms with Gasteiger partial charge in [0.05, 0.1) is 29.6 Å². The third-order valence-electron chi connectivity index (χ3n) is 2.74. The minimum atomic E-state index is -0.604. The summed E-state index contributed by atoms with van der Waals surface area (Å²) < 4.78 is 5.96. The van der Waals surface area contributed by atoms with Crippen molar-refractivity contribution in [3.8, 4) is 0 Å². The Balaban J connectivity index is 2.30. The van der Waals surface area contributed by atoms with Crippen LogP contribution < -0.4 is 5.32 Å². The molecule has 1 N–H and O–H groups in total. The van der Waals surface area contributed by atoms with E-state index < -0.39 is 11.9 Å². The fourth-order valence-electron chi connectivity index (χ4n) is 1.73. The second kappa shape index (κ2) is 6.15. The number of aryl methyl sites for hydroxylation is 1. The Bertz CT molecular complexity index is 713. The molecule has 110 valence electrons. The van der Waals surface area contributed by atoms with Gasteiger partial charge in [0.15, 0.2) is 5.69 Å². The number of amides is 1. The molecule has 21 heavy (non-hydrogen) atoms. The number of ether oxygens (including phenoxy) is 1. The molecule has 0 saturated heterocycles. The van der Waals surface area contributed by atoms with Crippen molar-refractivity contribution in [3.63, 3.8) is 0 Å². The fraction of sp³-hybridized carbons (Fsp3) is 0.154. The Morgan fingerprint density at radius 1 is 1.33 bits per heavy atom. The van der Waals surface area contributed by atoms with E-state index >= 15 is 0 Å². The molecule has 1 aromatic carbocycles. The molecule has 1 aromatic heterocycles. The summed E-state index contributed by atoms with van der Waals surface area (Å²) in [6, 6.07) is 4.50. The normalized spacial score (nSPS) is 10.3. The number of hydrogen-bond acceptors (Lipinski definition) is 4. The van der Waals surface area contributed by atoms with Crippen LogP contribution in [0.3, 0.4) is 0 Å². The molecule has 1 heterocycles. The van der Waals surface area contributed by atoms with E-state index in [1.54, 1.807) is 13.1 Å². The molecule has 8 heteroatoms. The first kappa shape index (κ1) is 15.3. The van der Waals surface area contributed by atoms with E-state index in [9.17, 15) is 9.59 Å². The summed E-state index contributed by atoms with van der Waals surface area (Å²) in [7, 11) is 2.81. The maximum absolute atomic E-state index is 12.2. The average Bonchev–Trinajstić information content (AvgIpc) is 2.78. The number of carbonyl (C=O) groups excluding carboxylic acids is 2. The van der Waals surface area contributed by atoms with Crippen molar-refractivity contribution in [2.24, 2.45) is 7.05 Å². The van der Waals surface area contributed by atoms with E-state index in [2.05, 4.69) is 15.2 Å². The van der Waals surface area contributed by atoms with Gasteiger partial charge in [-0.3, -0.25) is 9.48 Å². The third-order valence-corrected chi connectivity index (χ3v) is 3.29. The molecule has 1 amide bonds. The lowest BCUT2D eigenvalue weighted by Gasteiger charge is -2.07. The number of esters is 1. The highest BCUT2D eigenvalue weighted by Crippen LogP contribution is 2.23. The number of benzene rings is 1. The Hall–Kier alpha value is -2.05. The molecule has 0 aliphatic rings. The summed E-state index contributed by atoms with van der Waals surface area (Å²) in [5.74, 6) is -1.08. The van der Waals surface area contributed by atoms with Gasteiger partial charge in [-0.25, -0.2) is 4.79 Å². The topological polar surface area (TPSA) is 73.2 Å². The summed E-state index contributed by atoms with van der Waals surface area (Å²) in [4.78, 5) is 23.9. The zero-order chi connectivity index (χ0) is 15.6. The largest absolute Gasteiger partial charge is 0.464 e. The first-order valence-electron chi connectivity index (χ1n) is 5.80. The van der Waals surface area contributed by atoms with Gasteiger partial charge >= 0.3 is 5.97 Å². The molecule has 0 unspecified atom stereocenters. The average molecular weight is 328 g/mol. The van der Waals surface area contributed by atoms with Crippen LogP contribution >= 0.6 is 23.2 Å². The molecule has 0 fully saturated rings. The van der Waals surface area contributed by atoms with E-state index in [0.717, 1.165) is 0 Å². The van der Waals surface area contributed by atoms with Crippen LogP contribution in [0.4, 0.5) is 5.69 Å². The Morgan fingerprint density at radius 3 is 2.67 bits per heavy atom. The Morgan fingerprint density at radius 2 is 2.05 bits per heavy atom. The van der Waals surface area contributed by atoms with Crippen LogP contribution in [0.15, 0.2) is 24.4 Å². The SMILES string of the molecule is COC(=O)c1c(NC(=O)c2ccc(Cl)cc2Cl)cnn1C. The van der Waals surface area contributed by atoms with Crippen LogP contribution in [0, 0.1) is 0 Å². The van der Waals surface area contributed by atoms with Crippen molar-refractivity contribution < 1.29 is 14.3 Å². The first-order chi connectivity index (χ1) is 9.93. The minimum absolute atomic E-state index is 0.135. The van der Waals surface area contributed by atoms with Gasteiger partial charge in [-0.05, 0) is 18.2 Å². The van der Waals surface area contributed by atoms with E-state index in [0.29, 0.717) is 5.02 Å². The van der Waals surface area contributed by atoms with Crippen LogP contribution in [-0.4, -0.2) is 28.8 Å². The summed E-state index contributed by atoms with van der Waals surface area (Å²) in [5.41, 5.74) is 0.608. The van der Waals surface area contributed by atoms with Crippen LogP contribution in [0.1, 0.15) is 20.8 Å². The van der Waals surface area contributed by atoms with Crippen molar-refractivity contribution in [2.45, 2.75) is 0 Å². The standard InChI is InChI=1S/C13H11Cl2N3O3/c1-18-11(13(20)21-2)10(6-16-18)17-12(19)8-4-3-7(14)5-9(8)15/h3-6H,1-2H3,(H,17,19). The third kappa shape index (κ3) is 3.17. The van der Waals surface area contributed by atoms with Crippen LogP contribution in [-0.2, 0) is 11.8 Å². The maximum atomic E-state index is 12.2. The van der Waals surface area contributed by atoms with Crippen LogP contribution in [0.5, 0.6) is 0 Å². The molecule has 0 bridgehead atoms. The first-order valence-corrected chi connectivity index (χ1v) is 6.56. The summed E-state index contributed by atoms with van der Waals surface area (Å²) >= 11 is 11.7. The van der Waals surface area contributed by atoms with Crippen LogP contribution in [0.2, 0.25) is 10.0 Å². The van der Waals surface area contributed by atoms with E-state index in [-0.39, 0.29) is 22.0 Å². The Labute approximate surface area is 130 Å². The predicted molar refractivity (Wildman–Crippen MR) is 79.0 cm³/mol. The van der Waals surface area contributed by atoms with Crippen molar-refractivity contribution in [3.05, 3.63) is 45.7 Å². The summed E-state index contributed by atoms with van der Waals surface area (Å²) in [5, 5.41) is 7.12. The van der Waals surface area contributed by atoms with Crippen molar-refractivity contribution in [2.75, 3.05) is 12.4 Å².